The second-order valence-corrected chi connectivity index (χ2v) is 4.95. The molecule has 0 heterocycles. The van der Waals surface area contributed by atoms with E-state index < -0.39 is 12.1 Å². The van der Waals surface area contributed by atoms with E-state index in [2.05, 4.69) is 17.9 Å². The Hall–Kier alpha value is -1.66. The van der Waals surface area contributed by atoms with E-state index in [-0.39, 0.29) is 12.6 Å². The van der Waals surface area contributed by atoms with Crippen LogP contribution in [-0.4, -0.2) is 61.9 Å². The molecule has 0 fully saturated rings. The van der Waals surface area contributed by atoms with E-state index in [9.17, 15) is 9.59 Å². The highest BCUT2D eigenvalue weighted by atomic mass is 16.5. The minimum atomic E-state index is -0.608. The first kappa shape index (κ1) is 21.6. The van der Waals surface area contributed by atoms with E-state index in [1.165, 1.54) is 0 Å². The highest BCUT2D eigenvalue weighted by Gasteiger charge is 2.04. The van der Waals surface area contributed by atoms with Gasteiger partial charge < -0.3 is 19.5 Å². The number of esters is 2. The smallest absolute Gasteiger partial charge is 0.333 e. The van der Waals surface area contributed by atoms with Gasteiger partial charge >= 0.3 is 11.9 Å². The third-order valence-corrected chi connectivity index (χ3v) is 1.92. The van der Waals surface area contributed by atoms with Crippen LogP contribution in [0.15, 0.2) is 24.3 Å². The number of carbonyl (C=O) groups excluding carboxylic acids is 2. The van der Waals surface area contributed by atoms with Crippen LogP contribution < -0.4 is 0 Å². The van der Waals surface area contributed by atoms with Crippen molar-refractivity contribution in [3.8, 4) is 0 Å². The first-order chi connectivity index (χ1) is 9.57. The largest absolute Gasteiger partial charge is 0.461 e. The van der Waals surface area contributed by atoms with E-state index >= 15 is 0 Å². The summed E-state index contributed by atoms with van der Waals surface area (Å²) >= 11 is 0. The fourth-order valence-electron chi connectivity index (χ4n) is 0.764. The van der Waals surface area contributed by atoms with Gasteiger partial charge in [-0.15, -0.1) is 0 Å². The third kappa shape index (κ3) is 16.3. The highest BCUT2D eigenvalue weighted by Crippen LogP contribution is 1.93. The molecule has 0 aliphatic rings. The van der Waals surface area contributed by atoms with Crippen LogP contribution in [0.3, 0.4) is 0 Å². The topological polar surface area (TPSA) is 76.1 Å². The number of rotatable bonds is 7. The van der Waals surface area contributed by atoms with Crippen LogP contribution in [0.25, 0.3) is 0 Å². The zero-order valence-electron chi connectivity index (χ0n) is 13.6. The van der Waals surface area contributed by atoms with Gasteiger partial charge in [-0.05, 0) is 34.9 Å². The van der Waals surface area contributed by atoms with Crippen molar-refractivity contribution in [2.24, 2.45) is 0 Å². The Balaban J connectivity index is 0. The molecule has 0 saturated carbocycles. The monoisotopic (exact) mass is 301 g/mol. The second kappa shape index (κ2) is 12.1. The average molecular weight is 301 g/mol. The van der Waals surface area contributed by atoms with Gasteiger partial charge in [-0.2, -0.15) is 0 Å². The molecule has 0 rings (SSSR count). The van der Waals surface area contributed by atoms with Gasteiger partial charge in [0.15, 0.2) is 0 Å². The molecule has 122 valence electrons. The Morgan fingerprint density at radius 1 is 1.10 bits per heavy atom. The molecule has 0 bridgehead atoms. The minimum absolute atomic E-state index is 0.0334. The fourth-order valence-corrected chi connectivity index (χ4v) is 0.764. The van der Waals surface area contributed by atoms with Gasteiger partial charge in [0.05, 0.1) is 6.10 Å². The number of hydrogen-bond donors (Lipinski definition) is 1. The first-order valence-corrected chi connectivity index (χ1v) is 6.56. The van der Waals surface area contributed by atoms with Gasteiger partial charge in [0, 0.05) is 17.7 Å². The molecule has 21 heavy (non-hydrogen) atoms. The number of aliphatic hydroxyl groups excluding tert-OH is 1. The quantitative estimate of drug-likeness (QED) is 0.561. The number of carbonyl (C=O) groups is 2. The van der Waals surface area contributed by atoms with Crippen LogP contribution in [0.5, 0.6) is 0 Å². The molecule has 0 amide bonds. The molecule has 0 aliphatic heterocycles. The Morgan fingerprint density at radius 2 is 1.52 bits per heavy atom. The number of hydrogen-bond acceptors (Lipinski definition) is 6. The Kier molecular flexibility index (Phi) is 12.5. The maximum Gasteiger partial charge on any atom is 0.333 e. The summed E-state index contributed by atoms with van der Waals surface area (Å²) in [5.41, 5.74) is 0.796. The van der Waals surface area contributed by atoms with Crippen LogP contribution >= 0.6 is 0 Å². The zero-order valence-corrected chi connectivity index (χ0v) is 13.6. The van der Waals surface area contributed by atoms with E-state index in [0.717, 1.165) is 6.54 Å². The lowest BCUT2D eigenvalue weighted by Gasteiger charge is -2.09. The van der Waals surface area contributed by atoms with Crippen molar-refractivity contribution in [1.82, 2.24) is 4.90 Å². The first-order valence-electron chi connectivity index (χ1n) is 6.56. The van der Waals surface area contributed by atoms with Crippen molar-refractivity contribution in [3.63, 3.8) is 0 Å². The van der Waals surface area contributed by atoms with Crippen LogP contribution in [0.4, 0.5) is 0 Å². The summed E-state index contributed by atoms with van der Waals surface area (Å²) in [6, 6.07) is 0. The van der Waals surface area contributed by atoms with Crippen molar-refractivity contribution >= 4 is 11.9 Å². The zero-order chi connectivity index (χ0) is 17.0. The number of aliphatic hydroxyl groups is 1. The molecule has 0 radical (unpaired) electrons. The van der Waals surface area contributed by atoms with E-state index in [1.807, 2.05) is 19.0 Å². The number of likely N-dealkylation sites (N-methyl/N-ethyl adjacent to an activating group) is 1. The van der Waals surface area contributed by atoms with Crippen LogP contribution in [-0.2, 0) is 19.1 Å². The third-order valence-electron chi connectivity index (χ3n) is 1.92. The Morgan fingerprint density at radius 3 is 1.86 bits per heavy atom. The van der Waals surface area contributed by atoms with Gasteiger partial charge in [-0.3, -0.25) is 0 Å². The SMILES string of the molecule is C=C(C)C(=O)OCC(C)O.C=C(C)C(=O)OCCN(C)C. The maximum absolute atomic E-state index is 10.8. The molecular weight excluding hydrogens is 274 g/mol. The standard InChI is InChI=1S/C8H15NO2.C7H12O3/c1-7(2)8(10)11-6-5-9(3)4;1-5(2)7(9)10-4-6(3)8/h1,5-6H2,2-4H3;6,8H,1,4H2,2-3H3. The van der Waals surface area contributed by atoms with Crippen molar-refractivity contribution in [3.05, 3.63) is 24.3 Å². The molecule has 6 heteroatoms. The van der Waals surface area contributed by atoms with Gasteiger partial charge in [-0.1, -0.05) is 13.2 Å². The van der Waals surface area contributed by atoms with Crippen molar-refractivity contribution < 1.29 is 24.2 Å². The van der Waals surface area contributed by atoms with Gasteiger partial charge in [-0.25, -0.2) is 9.59 Å². The summed E-state index contributed by atoms with van der Waals surface area (Å²) in [6.45, 7) is 12.8. The van der Waals surface area contributed by atoms with E-state index in [4.69, 9.17) is 9.84 Å². The van der Waals surface area contributed by atoms with Gasteiger partial charge in [0.2, 0.25) is 0 Å². The average Bonchev–Trinajstić information content (AvgIpc) is 2.35. The summed E-state index contributed by atoms with van der Waals surface area (Å²) in [6.07, 6.45) is -0.608. The summed E-state index contributed by atoms with van der Waals surface area (Å²) in [5.74, 6) is -0.771. The summed E-state index contributed by atoms with van der Waals surface area (Å²) in [4.78, 5) is 23.3. The fraction of sp³-hybridized carbons (Fsp3) is 0.600. The maximum atomic E-state index is 10.8. The Labute approximate surface area is 127 Å². The predicted molar refractivity (Wildman–Crippen MR) is 81.8 cm³/mol. The molecule has 1 unspecified atom stereocenters. The molecular formula is C15H27NO5. The summed E-state index contributed by atoms with van der Waals surface area (Å²) < 4.78 is 9.41. The molecule has 0 aromatic carbocycles. The number of nitrogens with zero attached hydrogens (tertiary/aromatic N) is 1. The molecule has 0 aromatic rings. The predicted octanol–water partition coefficient (Wildman–Crippen LogP) is 1.15. The van der Waals surface area contributed by atoms with Crippen LogP contribution in [0, 0.1) is 0 Å². The van der Waals surface area contributed by atoms with Crippen LogP contribution in [0.1, 0.15) is 20.8 Å². The normalized spacial score (nSPS) is 11.0. The molecule has 0 aliphatic carbocycles. The molecule has 6 nitrogen and oxygen atoms in total. The lowest BCUT2D eigenvalue weighted by molar-refractivity contribution is -0.141. The summed E-state index contributed by atoms with van der Waals surface area (Å²) in [7, 11) is 3.85. The molecule has 0 saturated heterocycles. The highest BCUT2D eigenvalue weighted by molar-refractivity contribution is 5.87. The van der Waals surface area contributed by atoms with Gasteiger partial charge in [0.1, 0.15) is 13.2 Å². The molecule has 0 spiro atoms. The number of ether oxygens (including phenoxy) is 2. The van der Waals surface area contributed by atoms with Crippen molar-refractivity contribution in [2.75, 3.05) is 33.9 Å². The van der Waals surface area contributed by atoms with Crippen LogP contribution in [0.2, 0.25) is 0 Å². The molecule has 1 N–H and O–H groups in total. The van der Waals surface area contributed by atoms with Crippen molar-refractivity contribution in [2.45, 2.75) is 26.9 Å². The Bertz CT molecular complexity index is 361. The minimum Gasteiger partial charge on any atom is -0.461 e. The molecule has 0 aromatic heterocycles. The van der Waals surface area contributed by atoms with E-state index in [1.54, 1.807) is 20.8 Å². The van der Waals surface area contributed by atoms with E-state index in [0.29, 0.717) is 17.8 Å². The summed E-state index contributed by atoms with van der Waals surface area (Å²) in [5, 5.41) is 8.68. The lowest BCUT2D eigenvalue weighted by atomic mass is 10.3. The second-order valence-electron chi connectivity index (χ2n) is 4.95. The van der Waals surface area contributed by atoms with Crippen molar-refractivity contribution in [1.29, 1.82) is 0 Å². The lowest BCUT2D eigenvalue weighted by Crippen LogP contribution is -2.20. The van der Waals surface area contributed by atoms with Gasteiger partial charge in [0.25, 0.3) is 0 Å². The molecule has 1 atom stereocenters.